The second-order valence-corrected chi connectivity index (χ2v) is 6.84. The van der Waals surface area contributed by atoms with Crippen LogP contribution in [-0.2, 0) is 0 Å². The van der Waals surface area contributed by atoms with Crippen molar-refractivity contribution in [1.82, 2.24) is 15.1 Å². The minimum absolute atomic E-state index is 0.881. The first-order chi connectivity index (χ1) is 11.2. The maximum absolute atomic E-state index is 4.78. The Morgan fingerprint density at radius 3 is 2.91 bits per heavy atom. The van der Waals surface area contributed by atoms with Crippen molar-refractivity contribution in [3.05, 3.63) is 12.7 Å². The monoisotopic (exact) mass is 322 g/mol. The van der Waals surface area contributed by atoms with E-state index in [4.69, 9.17) is 4.99 Å². The summed E-state index contributed by atoms with van der Waals surface area (Å²) in [5, 5.41) is 3.40. The van der Waals surface area contributed by atoms with Crippen molar-refractivity contribution < 1.29 is 0 Å². The number of nitrogens with zero attached hydrogens (tertiary/aromatic N) is 3. The van der Waals surface area contributed by atoms with E-state index >= 15 is 0 Å². The van der Waals surface area contributed by atoms with Crippen LogP contribution in [0.4, 0.5) is 0 Å². The van der Waals surface area contributed by atoms with E-state index in [1.807, 2.05) is 6.08 Å². The molecule has 1 N–H and O–H groups in total. The predicted octanol–water partition coefficient (Wildman–Crippen LogP) is 3.36. The van der Waals surface area contributed by atoms with Crippen molar-refractivity contribution in [1.29, 1.82) is 0 Å². The highest BCUT2D eigenvalue weighted by Gasteiger charge is 2.15. The quantitative estimate of drug-likeness (QED) is 0.289. The van der Waals surface area contributed by atoms with Crippen molar-refractivity contribution >= 4 is 5.96 Å². The lowest BCUT2D eigenvalue weighted by Crippen LogP contribution is -2.39. The van der Waals surface area contributed by atoms with Gasteiger partial charge in [0.1, 0.15) is 0 Å². The molecular formula is C19H38N4. The number of rotatable bonds is 10. The Labute approximate surface area is 144 Å². The molecule has 1 atom stereocenters. The fraction of sp³-hybridized carbons (Fsp3) is 0.842. The topological polar surface area (TPSA) is 30.9 Å². The number of piperidine rings is 1. The molecule has 4 nitrogen and oxygen atoms in total. The number of likely N-dealkylation sites (tertiary alicyclic amines) is 1. The average Bonchev–Trinajstić information content (AvgIpc) is 2.53. The highest BCUT2D eigenvalue weighted by Crippen LogP contribution is 2.15. The molecule has 0 radical (unpaired) electrons. The number of guanidine groups is 1. The number of aliphatic imine (C=N–C) groups is 1. The van der Waals surface area contributed by atoms with Gasteiger partial charge in [-0.3, -0.25) is 4.99 Å². The molecule has 0 aromatic carbocycles. The molecule has 0 amide bonds. The van der Waals surface area contributed by atoms with E-state index in [1.54, 1.807) is 0 Å². The summed E-state index contributed by atoms with van der Waals surface area (Å²) < 4.78 is 0. The van der Waals surface area contributed by atoms with Gasteiger partial charge in [0.05, 0.1) is 0 Å². The van der Waals surface area contributed by atoms with Gasteiger partial charge in [0, 0.05) is 33.2 Å². The molecule has 1 fully saturated rings. The molecule has 1 unspecified atom stereocenters. The van der Waals surface area contributed by atoms with E-state index in [-0.39, 0.29) is 0 Å². The molecule has 1 heterocycles. The van der Waals surface area contributed by atoms with Gasteiger partial charge < -0.3 is 15.1 Å². The van der Waals surface area contributed by atoms with E-state index < -0.39 is 0 Å². The van der Waals surface area contributed by atoms with Crippen LogP contribution in [0.5, 0.6) is 0 Å². The van der Waals surface area contributed by atoms with Gasteiger partial charge in [-0.1, -0.05) is 13.0 Å². The van der Waals surface area contributed by atoms with Crippen molar-refractivity contribution in [3.8, 4) is 0 Å². The van der Waals surface area contributed by atoms with Crippen molar-refractivity contribution in [2.24, 2.45) is 10.9 Å². The van der Waals surface area contributed by atoms with Gasteiger partial charge in [0.25, 0.3) is 0 Å². The van der Waals surface area contributed by atoms with Gasteiger partial charge in [-0.25, -0.2) is 0 Å². The van der Waals surface area contributed by atoms with E-state index in [1.165, 1.54) is 45.3 Å². The Morgan fingerprint density at radius 2 is 2.22 bits per heavy atom. The Bertz CT molecular complexity index is 340. The fourth-order valence-corrected chi connectivity index (χ4v) is 3.17. The van der Waals surface area contributed by atoms with Crippen molar-refractivity contribution in [3.63, 3.8) is 0 Å². The second kappa shape index (κ2) is 12.4. The van der Waals surface area contributed by atoms with Crippen LogP contribution in [-0.4, -0.2) is 62.1 Å². The minimum Gasteiger partial charge on any atom is -0.357 e. The molecule has 0 bridgehead atoms. The summed E-state index contributed by atoms with van der Waals surface area (Å²) in [5.41, 5.74) is 0. The first kappa shape index (κ1) is 20.0. The van der Waals surface area contributed by atoms with Gasteiger partial charge in [-0.05, 0) is 64.5 Å². The Morgan fingerprint density at radius 1 is 1.39 bits per heavy atom. The summed E-state index contributed by atoms with van der Waals surface area (Å²) >= 11 is 0. The molecule has 0 spiro atoms. The van der Waals surface area contributed by atoms with Crippen LogP contribution in [0.15, 0.2) is 17.6 Å². The molecule has 4 heteroatoms. The van der Waals surface area contributed by atoms with Crippen LogP contribution in [0.25, 0.3) is 0 Å². The zero-order valence-corrected chi connectivity index (χ0v) is 15.7. The highest BCUT2D eigenvalue weighted by molar-refractivity contribution is 5.79. The van der Waals surface area contributed by atoms with Crippen LogP contribution in [0.3, 0.4) is 0 Å². The summed E-state index contributed by atoms with van der Waals surface area (Å²) in [5.74, 6) is 1.93. The Hall–Kier alpha value is -1.03. The van der Waals surface area contributed by atoms with Crippen LogP contribution in [0.1, 0.15) is 52.4 Å². The lowest BCUT2D eigenvalue weighted by atomic mass is 10.0. The van der Waals surface area contributed by atoms with Crippen LogP contribution in [0, 0.1) is 5.92 Å². The van der Waals surface area contributed by atoms with E-state index in [0.29, 0.717) is 0 Å². The van der Waals surface area contributed by atoms with E-state index in [2.05, 4.69) is 42.6 Å². The number of hydrogen-bond acceptors (Lipinski definition) is 2. The number of unbranched alkanes of at least 4 members (excludes halogenated alkanes) is 2. The lowest BCUT2D eigenvalue weighted by molar-refractivity contribution is 0.181. The highest BCUT2D eigenvalue weighted by atomic mass is 15.3. The SMILES string of the molecule is C=CCCCN(C)C(=NCCCCN1CCCC(C)C1)NCC. The van der Waals surface area contributed by atoms with Gasteiger partial charge >= 0.3 is 0 Å². The first-order valence-electron chi connectivity index (χ1n) is 9.50. The standard InChI is InChI=1S/C19H38N4/c1-5-7-9-14-22(4)19(20-6-2)21-13-8-10-15-23-16-11-12-18(3)17-23/h5,18H,1,6-17H2,2-4H3,(H,20,21). The normalized spacial score (nSPS) is 19.6. The number of hydrogen-bond donors (Lipinski definition) is 1. The van der Waals surface area contributed by atoms with Crippen molar-refractivity contribution in [2.75, 3.05) is 46.3 Å². The molecule has 1 aliphatic heterocycles. The Balaban J connectivity index is 2.23. The summed E-state index contributed by atoms with van der Waals surface area (Å²) in [4.78, 5) is 9.64. The third kappa shape index (κ3) is 8.99. The summed E-state index contributed by atoms with van der Waals surface area (Å²) in [6.07, 6.45) is 9.41. The second-order valence-electron chi connectivity index (χ2n) is 6.84. The molecule has 1 rings (SSSR count). The molecule has 0 aliphatic carbocycles. The number of nitrogens with one attached hydrogen (secondary N) is 1. The molecule has 0 aromatic rings. The average molecular weight is 323 g/mol. The van der Waals surface area contributed by atoms with Crippen LogP contribution >= 0.6 is 0 Å². The van der Waals surface area contributed by atoms with Crippen LogP contribution < -0.4 is 5.32 Å². The third-order valence-electron chi connectivity index (χ3n) is 4.48. The molecule has 1 aliphatic rings. The third-order valence-corrected chi connectivity index (χ3v) is 4.48. The van der Waals surface area contributed by atoms with Crippen LogP contribution in [0.2, 0.25) is 0 Å². The first-order valence-corrected chi connectivity index (χ1v) is 9.50. The lowest BCUT2D eigenvalue weighted by Gasteiger charge is -2.30. The summed E-state index contributed by atoms with van der Waals surface area (Å²) in [6, 6.07) is 0. The summed E-state index contributed by atoms with van der Waals surface area (Å²) in [7, 11) is 2.12. The van der Waals surface area contributed by atoms with E-state index in [0.717, 1.165) is 44.4 Å². The maximum atomic E-state index is 4.78. The fourth-order valence-electron chi connectivity index (χ4n) is 3.17. The summed E-state index contributed by atoms with van der Waals surface area (Å²) in [6.45, 7) is 15.0. The van der Waals surface area contributed by atoms with Gasteiger partial charge in [0.15, 0.2) is 5.96 Å². The molecule has 1 saturated heterocycles. The van der Waals surface area contributed by atoms with Gasteiger partial charge in [-0.15, -0.1) is 6.58 Å². The maximum Gasteiger partial charge on any atom is 0.193 e. The molecule has 0 aromatic heterocycles. The zero-order chi connectivity index (χ0) is 16.9. The smallest absolute Gasteiger partial charge is 0.193 e. The van der Waals surface area contributed by atoms with E-state index in [9.17, 15) is 0 Å². The molecular weight excluding hydrogens is 284 g/mol. The minimum atomic E-state index is 0.881. The number of allylic oxidation sites excluding steroid dienone is 1. The van der Waals surface area contributed by atoms with Crippen molar-refractivity contribution in [2.45, 2.75) is 52.4 Å². The Kier molecular flexibility index (Phi) is 10.8. The van der Waals surface area contributed by atoms with Gasteiger partial charge in [-0.2, -0.15) is 0 Å². The van der Waals surface area contributed by atoms with Gasteiger partial charge in [0.2, 0.25) is 0 Å². The molecule has 23 heavy (non-hydrogen) atoms. The molecule has 134 valence electrons. The zero-order valence-electron chi connectivity index (χ0n) is 15.7. The molecule has 0 saturated carbocycles. The largest absolute Gasteiger partial charge is 0.357 e. The predicted molar refractivity (Wildman–Crippen MR) is 102 cm³/mol.